The first-order chi connectivity index (χ1) is 8.87. The molecule has 1 heterocycles. The molecule has 19 heavy (non-hydrogen) atoms. The first-order valence-corrected chi connectivity index (χ1v) is 7.67. The minimum Gasteiger partial charge on any atom is -0.475 e. The van der Waals surface area contributed by atoms with Gasteiger partial charge in [-0.3, -0.25) is 0 Å². The van der Waals surface area contributed by atoms with Crippen LogP contribution in [0.5, 0.6) is 0 Å². The summed E-state index contributed by atoms with van der Waals surface area (Å²) in [5, 5.41) is 0. The Labute approximate surface area is 120 Å². The van der Waals surface area contributed by atoms with Crippen molar-refractivity contribution >= 4 is 17.7 Å². The lowest BCUT2D eigenvalue weighted by molar-refractivity contribution is 0.291. The third-order valence-corrected chi connectivity index (χ3v) is 4.17. The molecule has 0 saturated heterocycles. The van der Waals surface area contributed by atoms with Gasteiger partial charge in [0.05, 0.1) is 6.04 Å². The quantitative estimate of drug-likeness (QED) is 0.765. The molecule has 0 bridgehead atoms. The Hall–Kier alpha value is -0.960. The van der Waals surface area contributed by atoms with E-state index in [1.807, 2.05) is 11.8 Å². The second kappa shape index (κ2) is 5.58. The van der Waals surface area contributed by atoms with Crippen molar-refractivity contribution in [1.29, 1.82) is 0 Å². The average molecular weight is 277 g/mol. The van der Waals surface area contributed by atoms with Crippen LogP contribution < -0.4 is 0 Å². The Balaban J connectivity index is 2.28. The second-order valence-electron chi connectivity index (χ2n) is 6.27. The third-order valence-electron chi connectivity index (χ3n) is 2.98. The SMILES string of the molecule is CC(C)[C@H]1COC(c2ccccc2SC(C)(C)C)=N1. The van der Waals surface area contributed by atoms with Crippen LogP contribution in [0, 0.1) is 5.92 Å². The zero-order valence-corrected chi connectivity index (χ0v) is 13.3. The highest BCUT2D eigenvalue weighted by Crippen LogP contribution is 2.35. The Morgan fingerprint density at radius 3 is 2.53 bits per heavy atom. The summed E-state index contributed by atoms with van der Waals surface area (Å²) in [4.78, 5) is 5.98. The van der Waals surface area contributed by atoms with Gasteiger partial charge in [0.25, 0.3) is 0 Å². The molecule has 0 N–H and O–H groups in total. The Bertz CT molecular complexity index is 474. The van der Waals surface area contributed by atoms with Crippen molar-refractivity contribution in [1.82, 2.24) is 0 Å². The predicted molar refractivity (Wildman–Crippen MR) is 83.2 cm³/mol. The van der Waals surface area contributed by atoms with E-state index in [1.165, 1.54) is 4.90 Å². The van der Waals surface area contributed by atoms with E-state index in [9.17, 15) is 0 Å². The van der Waals surface area contributed by atoms with Crippen molar-refractivity contribution in [2.24, 2.45) is 10.9 Å². The molecule has 0 aromatic heterocycles. The van der Waals surface area contributed by atoms with Gasteiger partial charge in [-0.05, 0) is 18.1 Å². The van der Waals surface area contributed by atoms with E-state index in [0.29, 0.717) is 18.6 Å². The molecule has 0 saturated carbocycles. The van der Waals surface area contributed by atoms with Crippen LogP contribution in [0.4, 0.5) is 0 Å². The maximum atomic E-state index is 5.80. The molecule has 2 rings (SSSR count). The van der Waals surface area contributed by atoms with Gasteiger partial charge in [-0.1, -0.05) is 46.8 Å². The highest BCUT2D eigenvalue weighted by molar-refractivity contribution is 8.00. The lowest BCUT2D eigenvalue weighted by Crippen LogP contribution is -2.13. The van der Waals surface area contributed by atoms with Gasteiger partial charge in [0.15, 0.2) is 0 Å². The molecule has 104 valence electrons. The van der Waals surface area contributed by atoms with Crippen molar-refractivity contribution in [3.05, 3.63) is 29.8 Å². The van der Waals surface area contributed by atoms with Crippen LogP contribution in [0.3, 0.4) is 0 Å². The smallest absolute Gasteiger partial charge is 0.217 e. The number of thioether (sulfide) groups is 1. The first-order valence-electron chi connectivity index (χ1n) is 6.86. The van der Waals surface area contributed by atoms with Gasteiger partial charge in [0.1, 0.15) is 6.61 Å². The second-order valence-corrected chi connectivity index (χ2v) is 8.14. The molecule has 1 aliphatic heterocycles. The van der Waals surface area contributed by atoms with E-state index in [0.717, 1.165) is 11.5 Å². The molecule has 0 unspecified atom stereocenters. The molecule has 1 aromatic rings. The summed E-state index contributed by atoms with van der Waals surface area (Å²) >= 11 is 1.86. The lowest BCUT2D eigenvalue weighted by atomic mass is 10.1. The van der Waals surface area contributed by atoms with Crippen LogP contribution >= 0.6 is 11.8 Å². The Kier molecular flexibility index (Phi) is 4.24. The van der Waals surface area contributed by atoms with Crippen LogP contribution in [-0.2, 0) is 4.74 Å². The molecule has 1 aromatic carbocycles. The fourth-order valence-corrected chi connectivity index (χ4v) is 3.01. The normalized spacial score (nSPS) is 19.5. The highest BCUT2D eigenvalue weighted by atomic mass is 32.2. The highest BCUT2D eigenvalue weighted by Gasteiger charge is 2.25. The fraction of sp³-hybridized carbons (Fsp3) is 0.562. The van der Waals surface area contributed by atoms with Gasteiger partial charge in [-0.15, -0.1) is 11.8 Å². The number of ether oxygens (including phenoxy) is 1. The molecule has 0 fully saturated rings. The summed E-state index contributed by atoms with van der Waals surface area (Å²) in [5.41, 5.74) is 1.13. The summed E-state index contributed by atoms with van der Waals surface area (Å²) in [6.45, 7) is 11.8. The van der Waals surface area contributed by atoms with Crippen LogP contribution in [0.2, 0.25) is 0 Å². The van der Waals surface area contributed by atoms with Gasteiger partial charge in [-0.25, -0.2) is 4.99 Å². The molecular formula is C16H23NOS. The summed E-state index contributed by atoms with van der Waals surface area (Å²) in [7, 11) is 0. The largest absolute Gasteiger partial charge is 0.475 e. The zero-order valence-electron chi connectivity index (χ0n) is 12.4. The van der Waals surface area contributed by atoms with Crippen LogP contribution in [0.25, 0.3) is 0 Å². The molecule has 0 amide bonds. The van der Waals surface area contributed by atoms with Gasteiger partial charge >= 0.3 is 0 Å². The van der Waals surface area contributed by atoms with E-state index in [1.54, 1.807) is 0 Å². The zero-order chi connectivity index (χ0) is 14.0. The molecule has 1 atom stereocenters. The van der Waals surface area contributed by atoms with E-state index < -0.39 is 0 Å². The molecule has 2 nitrogen and oxygen atoms in total. The van der Waals surface area contributed by atoms with Crippen molar-refractivity contribution in [2.45, 2.75) is 50.3 Å². The summed E-state index contributed by atoms with van der Waals surface area (Å²) in [6, 6.07) is 8.68. The van der Waals surface area contributed by atoms with Crippen molar-refractivity contribution in [3.63, 3.8) is 0 Å². The van der Waals surface area contributed by atoms with E-state index >= 15 is 0 Å². The average Bonchev–Trinajstić information content (AvgIpc) is 2.76. The number of rotatable bonds is 3. The lowest BCUT2D eigenvalue weighted by Gasteiger charge is -2.19. The first kappa shape index (κ1) is 14.4. The number of aliphatic imine (C=N–C) groups is 1. The number of nitrogens with zero attached hydrogens (tertiary/aromatic N) is 1. The monoisotopic (exact) mass is 277 g/mol. The number of hydrogen-bond acceptors (Lipinski definition) is 3. The third kappa shape index (κ3) is 3.75. The van der Waals surface area contributed by atoms with E-state index in [2.05, 4.69) is 58.9 Å². The van der Waals surface area contributed by atoms with Crippen molar-refractivity contribution in [2.75, 3.05) is 6.61 Å². The molecule has 0 spiro atoms. The molecule has 3 heteroatoms. The standard InChI is InChI=1S/C16H23NOS/c1-11(2)13-10-18-15(17-13)12-8-6-7-9-14(12)19-16(3,4)5/h6-9,11,13H,10H2,1-5H3/t13-/m1/s1. The van der Waals surface area contributed by atoms with Crippen LogP contribution in [0.15, 0.2) is 34.2 Å². The number of benzene rings is 1. The summed E-state index contributed by atoms with van der Waals surface area (Å²) in [6.07, 6.45) is 0. The summed E-state index contributed by atoms with van der Waals surface area (Å²) in [5.74, 6) is 1.34. The van der Waals surface area contributed by atoms with Gasteiger partial charge in [0.2, 0.25) is 5.90 Å². The number of hydrogen-bond donors (Lipinski definition) is 0. The predicted octanol–water partition coefficient (Wildman–Crippen LogP) is 4.38. The van der Waals surface area contributed by atoms with E-state index in [4.69, 9.17) is 9.73 Å². The Morgan fingerprint density at radius 1 is 1.26 bits per heavy atom. The minimum absolute atomic E-state index is 0.187. The van der Waals surface area contributed by atoms with Gasteiger partial charge in [0, 0.05) is 15.2 Å². The summed E-state index contributed by atoms with van der Waals surface area (Å²) < 4.78 is 5.99. The molecule has 0 aliphatic carbocycles. The van der Waals surface area contributed by atoms with E-state index in [-0.39, 0.29) is 4.75 Å². The molecule has 0 radical (unpaired) electrons. The molecule has 1 aliphatic rings. The minimum atomic E-state index is 0.187. The fourth-order valence-electron chi connectivity index (χ4n) is 1.94. The maximum Gasteiger partial charge on any atom is 0.217 e. The maximum absolute atomic E-state index is 5.80. The Morgan fingerprint density at radius 2 is 1.95 bits per heavy atom. The van der Waals surface area contributed by atoms with Crippen LogP contribution in [0.1, 0.15) is 40.2 Å². The van der Waals surface area contributed by atoms with Crippen molar-refractivity contribution < 1.29 is 4.74 Å². The molecular weight excluding hydrogens is 254 g/mol. The van der Waals surface area contributed by atoms with Crippen molar-refractivity contribution in [3.8, 4) is 0 Å². The van der Waals surface area contributed by atoms with Gasteiger partial charge in [-0.2, -0.15) is 0 Å². The topological polar surface area (TPSA) is 21.6 Å². The van der Waals surface area contributed by atoms with Crippen LogP contribution in [-0.4, -0.2) is 23.3 Å². The van der Waals surface area contributed by atoms with Gasteiger partial charge < -0.3 is 4.74 Å².